The van der Waals surface area contributed by atoms with Gasteiger partial charge in [0.15, 0.2) is 0 Å². The number of amides is 1. The van der Waals surface area contributed by atoms with Crippen molar-refractivity contribution in [2.24, 2.45) is 0 Å². The first-order valence-corrected chi connectivity index (χ1v) is 7.62. The van der Waals surface area contributed by atoms with E-state index < -0.39 is 11.6 Å². The predicted molar refractivity (Wildman–Crippen MR) is 79.1 cm³/mol. The Balaban J connectivity index is 1.77. The minimum Gasteiger partial charge on any atom is -0.378 e. The van der Waals surface area contributed by atoms with Crippen molar-refractivity contribution in [3.63, 3.8) is 0 Å². The third-order valence-corrected chi connectivity index (χ3v) is 3.86. The maximum absolute atomic E-state index is 13.5. The number of hydrogen-bond donors (Lipinski definition) is 2. The number of carbonyl (C=O) groups is 1. The number of halogens is 3. The summed E-state index contributed by atoms with van der Waals surface area (Å²) in [7, 11) is 0. The highest BCUT2D eigenvalue weighted by Crippen LogP contribution is 2.23. The average molecular weight is 363 g/mol. The Kier molecular flexibility index (Phi) is 6.08. The molecule has 0 atom stereocenters. The molecule has 1 aromatic rings. The van der Waals surface area contributed by atoms with Gasteiger partial charge in [0.25, 0.3) is 0 Å². The minimum atomic E-state index is -0.802. The average Bonchev–Trinajstić information content (AvgIpc) is 2.46. The largest absolute Gasteiger partial charge is 0.378 e. The molecule has 0 radical (unpaired) electrons. The summed E-state index contributed by atoms with van der Waals surface area (Å²) in [6, 6.07) is 1.93. The zero-order valence-corrected chi connectivity index (χ0v) is 13.0. The molecule has 1 aliphatic rings. The summed E-state index contributed by atoms with van der Waals surface area (Å²) in [5.74, 6) is -1.87. The maximum Gasteiger partial charge on any atom is 0.226 e. The van der Waals surface area contributed by atoms with Crippen molar-refractivity contribution in [3.8, 4) is 0 Å². The van der Waals surface area contributed by atoms with Crippen LogP contribution in [0.3, 0.4) is 0 Å². The summed E-state index contributed by atoms with van der Waals surface area (Å²) in [4.78, 5) is 11.7. The van der Waals surface area contributed by atoms with Crippen LogP contribution in [-0.4, -0.2) is 31.7 Å². The van der Waals surface area contributed by atoms with E-state index in [4.69, 9.17) is 4.74 Å². The van der Waals surface area contributed by atoms with Crippen LogP contribution < -0.4 is 10.6 Å². The molecule has 2 rings (SSSR count). The van der Waals surface area contributed by atoms with Crippen molar-refractivity contribution < 1.29 is 18.3 Å². The van der Waals surface area contributed by atoms with Gasteiger partial charge in [-0.1, -0.05) is 0 Å². The van der Waals surface area contributed by atoms with Crippen LogP contribution in [0.25, 0.3) is 0 Å². The lowest BCUT2D eigenvalue weighted by Gasteiger charge is -2.22. The SMILES string of the molecule is O=C(CCOC1CCNCC1)Nc1cc(Br)c(F)cc1F. The summed E-state index contributed by atoms with van der Waals surface area (Å²) in [5, 5.41) is 5.64. The van der Waals surface area contributed by atoms with Gasteiger partial charge in [0.05, 0.1) is 29.3 Å². The second-order valence-electron chi connectivity index (χ2n) is 4.86. The number of ether oxygens (including phenoxy) is 1. The number of nitrogens with one attached hydrogen (secondary N) is 2. The van der Waals surface area contributed by atoms with E-state index in [2.05, 4.69) is 26.6 Å². The number of benzene rings is 1. The molecular weight excluding hydrogens is 346 g/mol. The number of piperidine rings is 1. The van der Waals surface area contributed by atoms with Crippen molar-refractivity contribution in [3.05, 3.63) is 28.2 Å². The van der Waals surface area contributed by atoms with Gasteiger partial charge in [-0.15, -0.1) is 0 Å². The van der Waals surface area contributed by atoms with Gasteiger partial charge < -0.3 is 15.4 Å². The van der Waals surface area contributed by atoms with Gasteiger partial charge in [0.2, 0.25) is 5.91 Å². The van der Waals surface area contributed by atoms with Gasteiger partial charge in [0.1, 0.15) is 11.6 Å². The quantitative estimate of drug-likeness (QED) is 0.791. The third kappa shape index (κ3) is 5.01. The standard InChI is InChI=1S/C14H17BrF2N2O2/c15-10-7-13(12(17)8-11(10)16)19-14(20)3-6-21-9-1-4-18-5-2-9/h7-9,18H,1-6H2,(H,19,20). The van der Waals surface area contributed by atoms with Crippen LogP contribution in [0.2, 0.25) is 0 Å². The van der Waals surface area contributed by atoms with E-state index in [1.165, 1.54) is 6.07 Å². The Morgan fingerprint density at radius 2 is 2.05 bits per heavy atom. The van der Waals surface area contributed by atoms with E-state index in [1.54, 1.807) is 0 Å². The molecule has 4 nitrogen and oxygen atoms in total. The van der Waals surface area contributed by atoms with Crippen molar-refractivity contribution in [1.82, 2.24) is 5.32 Å². The Hall–Kier alpha value is -1.05. The van der Waals surface area contributed by atoms with Crippen molar-refractivity contribution in [2.75, 3.05) is 25.0 Å². The number of carbonyl (C=O) groups excluding carboxylic acids is 1. The highest BCUT2D eigenvalue weighted by Gasteiger charge is 2.15. The van der Waals surface area contributed by atoms with Crippen LogP contribution in [0.1, 0.15) is 19.3 Å². The summed E-state index contributed by atoms with van der Waals surface area (Å²) < 4.78 is 32.3. The van der Waals surface area contributed by atoms with Crippen molar-refractivity contribution in [1.29, 1.82) is 0 Å². The summed E-state index contributed by atoms with van der Waals surface area (Å²) in [6.07, 6.45) is 2.18. The number of hydrogen-bond acceptors (Lipinski definition) is 3. The first-order chi connectivity index (χ1) is 10.1. The van der Waals surface area contributed by atoms with E-state index in [1.807, 2.05) is 0 Å². The van der Waals surface area contributed by atoms with E-state index >= 15 is 0 Å². The predicted octanol–water partition coefficient (Wildman–Crippen LogP) is 2.82. The number of rotatable bonds is 5. The van der Waals surface area contributed by atoms with E-state index in [-0.39, 0.29) is 28.6 Å². The lowest BCUT2D eigenvalue weighted by atomic mass is 10.1. The summed E-state index contributed by atoms with van der Waals surface area (Å²) >= 11 is 2.95. The summed E-state index contributed by atoms with van der Waals surface area (Å²) in [5.41, 5.74) is -0.0462. The molecule has 0 aliphatic carbocycles. The van der Waals surface area contributed by atoms with E-state index in [0.717, 1.165) is 32.0 Å². The first kappa shape index (κ1) is 16.3. The monoisotopic (exact) mass is 362 g/mol. The molecule has 1 aliphatic heterocycles. The van der Waals surface area contributed by atoms with Gasteiger partial charge in [-0.25, -0.2) is 8.78 Å². The summed E-state index contributed by atoms with van der Waals surface area (Å²) in [6.45, 7) is 2.14. The molecule has 1 saturated heterocycles. The second kappa shape index (κ2) is 7.82. The normalized spacial score (nSPS) is 16.0. The highest BCUT2D eigenvalue weighted by molar-refractivity contribution is 9.10. The Labute approximate surface area is 130 Å². The highest BCUT2D eigenvalue weighted by atomic mass is 79.9. The fraction of sp³-hybridized carbons (Fsp3) is 0.500. The molecule has 116 valence electrons. The van der Waals surface area contributed by atoms with Gasteiger partial charge >= 0.3 is 0 Å². The molecule has 7 heteroatoms. The van der Waals surface area contributed by atoms with Gasteiger partial charge in [-0.3, -0.25) is 4.79 Å². The van der Waals surface area contributed by atoms with Crippen LogP contribution >= 0.6 is 15.9 Å². The lowest BCUT2D eigenvalue weighted by Crippen LogP contribution is -2.33. The molecule has 2 N–H and O–H groups in total. The lowest BCUT2D eigenvalue weighted by molar-refractivity contribution is -0.117. The van der Waals surface area contributed by atoms with Crippen LogP contribution in [0, 0.1) is 11.6 Å². The van der Waals surface area contributed by atoms with Crippen molar-refractivity contribution in [2.45, 2.75) is 25.4 Å². The molecule has 0 unspecified atom stereocenters. The molecule has 0 spiro atoms. The smallest absolute Gasteiger partial charge is 0.226 e. The number of anilines is 1. The third-order valence-electron chi connectivity index (χ3n) is 3.25. The zero-order valence-electron chi connectivity index (χ0n) is 11.4. The molecule has 1 aromatic carbocycles. The Bertz CT molecular complexity index is 508. The van der Waals surface area contributed by atoms with Gasteiger partial charge in [-0.2, -0.15) is 0 Å². The van der Waals surface area contributed by atoms with Gasteiger partial charge in [-0.05, 0) is 47.9 Å². The Morgan fingerprint density at radius 3 is 2.76 bits per heavy atom. The van der Waals surface area contributed by atoms with E-state index in [9.17, 15) is 13.6 Å². The molecule has 0 aromatic heterocycles. The van der Waals surface area contributed by atoms with E-state index in [0.29, 0.717) is 6.61 Å². The van der Waals surface area contributed by atoms with Crippen molar-refractivity contribution >= 4 is 27.5 Å². The topological polar surface area (TPSA) is 50.4 Å². The minimum absolute atomic E-state index is 0.0462. The molecule has 1 amide bonds. The second-order valence-corrected chi connectivity index (χ2v) is 5.72. The Morgan fingerprint density at radius 1 is 1.33 bits per heavy atom. The molecule has 1 heterocycles. The van der Waals surface area contributed by atoms with Crippen LogP contribution in [0.5, 0.6) is 0 Å². The van der Waals surface area contributed by atoms with Crippen LogP contribution in [0.15, 0.2) is 16.6 Å². The fourth-order valence-corrected chi connectivity index (χ4v) is 2.45. The molecule has 21 heavy (non-hydrogen) atoms. The zero-order chi connectivity index (χ0) is 15.2. The first-order valence-electron chi connectivity index (χ1n) is 6.83. The maximum atomic E-state index is 13.5. The molecule has 0 bridgehead atoms. The molecule has 1 fully saturated rings. The molecule has 0 saturated carbocycles. The molecular formula is C14H17BrF2N2O2. The fourth-order valence-electron chi connectivity index (χ4n) is 2.11. The van der Waals surface area contributed by atoms with Crippen LogP contribution in [-0.2, 0) is 9.53 Å². The van der Waals surface area contributed by atoms with Crippen LogP contribution in [0.4, 0.5) is 14.5 Å². The van der Waals surface area contributed by atoms with Gasteiger partial charge in [0, 0.05) is 6.07 Å².